The van der Waals surface area contributed by atoms with Crippen molar-refractivity contribution in [1.82, 2.24) is 5.32 Å². The van der Waals surface area contributed by atoms with Gasteiger partial charge in [-0.2, -0.15) is 0 Å². The molecule has 0 radical (unpaired) electrons. The molecule has 0 aromatic carbocycles. The number of carbonyl (C=O) groups is 2. The molecule has 0 aromatic heterocycles. The fourth-order valence-electron chi connectivity index (χ4n) is 1.08. The first-order valence-electron chi connectivity index (χ1n) is 4.99. The topological polar surface area (TPSA) is 46.2 Å². The van der Waals surface area contributed by atoms with Crippen molar-refractivity contribution in [3.8, 4) is 0 Å². The van der Waals surface area contributed by atoms with Gasteiger partial charge in [0.1, 0.15) is 5.78 Å². The first-order chi connectivity index (χ1) is 6.66. The largest absolute Gasteiger partial charge is 0.356 e. The summed E-state index contributed by atoms with van der Waals surface area (Å²) in [6, 6.07) is 0. The van der Waals surface area contributed by atoms with Crippen LogP contribution >= 0.6 is 22.6 Å². The number of hydrogen-bond donors (Lipinski definition) is 1. The van der Waals surface area contributed by atoms with Crippen LogP contribution in [-0.4, -0.2) is 22.7 Å². The molecule has 0 atom stereocenters. The van der Waals surface area contributed by atoms with E-state index >= 15 is 0 Å². The lowest BCUT2D eigenvalue weighted by Gasteiger charge is -2.03. The van der Waals surface area contributed by atoms with Gasteiger partial charge in [-0.25, -0.2) is 0 Å². The molecule has 0 spiro atoms. The first kappa shape index (κ1) is 13.9. The van der Waals surface area contributed by atoms with Gasteiger partial charge in [-0.3, -0.25) is 4.79 Å². The Hall–Kier alpha value is -0.130. The second kappa shape index (κ2) is 9.43. The molecule has 0 aromatic rings. The molecule has 0 aliphatic carbocycles. The van der Waals surface area contributed by atoms with Gasteiger partial charge < -0.3 is 10.1 Å². The van der Waals surface area contributed by atoms with E-state index in [1.807, 2.05) is 0 Å². The molecular formula is C10H18INO2. The molecular weight excluding hydrogens is 293 g/mol. The van der Waals surface area contributed by atoms with Crippen LogP contribution in [0.15, 0.2) is 0 Å². The summed E-state index contributed by atoms with van der Waals surface area (Å²) in [5, 5.41) is 2.84. The summed E-state index contributed by atoms with van der Waals surface area (Å²) < 4.78 is 0.869. The maximum Gasteiger partial charge on any atom is 0.220 e. The lowest BCUT2D eigenvalue weighted by Crippen LogP contribution is -2.24. The summed E-state index contributed by atoms with van der Waals surface area (Å²) in [5.74, 6) is 0.380. The van der Waals surface area contributed by atoms with Crippen molar-refractivity contribution >= 4 is 34.3 Å². The Morgan fingerprint density at radius 2 is 1.86 bits per heavy atom. The normalized spacial score (nSPS) is 9.86. The van der Waals surface area contributed by atoms with Gasteiger partial charge >= 0.3 is 0 Å². The Morgan fingerprint density at radius 1 is 1.14 bits per heavy atom. The summed E-state index contributed by atoms with van der Waals surface area (Å²) in [7, 11) is 0. The average molecular weight is 311 g/mol. The van der Waals surface area contributed by atoms with Crippen LogP contribution in [0.4, 0.5) is 0 Å². The van der Waals surface area contributed by atoms with E-state index in [-0.39, 0.29) is 11.7 Å². The van der Waals surface area contributed by atoms with E-state index in [4.69, 9.17) is 0 Å². The Kier molecular flexibility index (Phi) is 9.34. The van der Waals surface area contributed by atoms with Crippen LogP contribution in [0.3, 0.4) is 0 Å². The van der Waals surface area contributed by atoms with E-state index in [2.05, 4.69) is 27.9 Å². The molecule has 0 fully saturated rings. The highest BCUT2D eigenvalue weighted by molar-refractivity contribution is 14.1. The number of Topliss-reactive ketones (excluding diaryl/α,β-unsaturated/α-hetero) is 1. The van der Waals surface area contributed by atoms with Gasteiger partial charge in [-0.05, 0) is 19.8 Å². The number of rotatable bonds is 8. The minimum absolute atomic E-state index is 0.131. The fourth-order valence-corrected chi connectivity index (χ4v) is 1.57. The molecule has 0 saturated heterocycles. The van der Waals surface area contributed by atoms with E-state index in [1.165, 1.54) is 0 Å². The Bertz CT molecular complexity index is 183. The fraction of sp³-hybridized carbons (Fsp3) is 0.800. The monoisotopic (exact) mass is 311 g/mol. The number of ketones is 1. The minimum Gasteiger partial charge on any atom is -0.356 e. The van der Waals surface area contributed by atoms with Gasteiger partial charge in [0.15, 0.2) is 0 Å². The van der Waals surface area contributed by atoms with E-state index < -0.39 is 0 Å². The number of hydrogen-bond acceptors (Lipinski definition) is 2. The Morgan fingerprint density at radius 3 is 2.43 bits per heavy atom. The van der Waals surface area contributed by atoms with E-state index in [1.54, 1.807) is 6.92 Å². The third-order valence-electron chi connectivity index (χ3n) is 1.85. The molecule has 0 heterocycles. The molecule has 0 unspecified atom stereocenters. The second-order valence-electron chi connectivity index (χ2n) is 3.30. The molecule has 0 aliphatic rings. The van der Waals surface area contributed by atoms with Gasteiger partial charge in [0.2, 0.25) is 5.91 Å². The van der Waals surface area contributed by atoms with Crippen molar-refractivity contribution in [2.45, 2.75) is 39.0 Å². The zero-order valence-corrected chi connectivity index (χ0v) is 10.8. The summed E-state index contributed by atoms with van der Waals surface area (Å²) in [6.45, 7) is 2.36. The SMILES string of the molecule is CC(=O)CCCCCNC(=O)CCI. The van der Waals surface area contributed by atoms with Crippen molar-refractivity contribution in [3.63, 3.8) is 0 Å². The summed E-state index contributed by atoms with van der Waals surface area (Å²) in [4.78, 5) is 21.6. The van der Waals surface area contributed by atoms with Crippen LogP contribution in [0.1, 0.15) is 39.0 Å². The third kappa shape index (κ3) is 9.95. The molecule has 82 valence electrons. The van der Waals surface area contributed by atoms with Gasteiger partial charge in [-0.15, -0.1) is 0 Å². The predicted octanol–water partition coefficient (Wildman–Crippen LogP) is 2.08. The maximum absolute atomic E-state index is 11.0. The maximum atomic E-state index is 11.0. The third-order valence-corrected chi connectivity index (χ3v) is 2.39. The van der Waals surface area contributed by atoms with Gasteiger partial charge in [0, 0.05) is 23.8 Å². The zero-order chi connectivity index (χ0) is 10.8. The summed E-state index contributed by atoms with van der Waals surface area (Å²) in [5.41, 5.74) is 0. The van der Waals surface area contributed by atoms with Crippen LogP contribution in [0.2, 0.25) is 0 Å². The Balaban J connectivity index is 3.13. The molecule has 1 N–H and O–H groups in total. The molecule has 14 heavy (non-hydrogen) atoms. The molecule has 0 rings (SSSR count). The summed E-state index contributed by atoms with van der Waals surface area (Å²) in [6.07, 6.45) is 4.21. The van der Waals surface area contributed by atoms with Crippen LogP contribution < -0.4 is 5.32 Å². The highest BCUT2D eigenvalue weighted by atomic mass is 127. The van der Waals surface area contributed by atoms with Crippen molar-refractivity contribution < 1.29 is 9.59 Å². The van der Waals surface area contributed by atoms with E-state index in [0.717, 1.165) is 30.2 Å². The number of carbonyl (C=O) groups excluding carboxylic acids is 2. The number of unbranched alkanes of at least 4 members (excludes halogenated alkanes) is 2. The van der Waals surface area contributed by atoms with E-state index in [9.17, 15) is 9.59 Å². The highest BCUT2D eigenvalue weighted by Crippen LogP contribution is 1.99. The molecule has 1 amide bonds. The second-order valence-corrected chi connectivity index (χ2v) is 4.38. The minimum atomic E-state index is 0.131. The number of alkyl halides is 1. The van der Waals surface area contributed by atoms with Crippen molar-refractivity contribution in [1.29, 1.82) is 0 Å². The molecule has 0 saturated carbocycles. The number of halogens is 1. The molecule has 0 bridgehead atoms. The van der Waals surface area contributed by atoms with Crippen LogP contribution in [-0.2, 0) is 9.59 Å². The first-order valence-corrected chi connectivity index (χ1v) is 6.51. The van der Waals surface area contributed by atoms with Gasteiger partial charge in [0.05, 0.1) is 0 Å². The number of nitrogens with one attached hydrogen (secondary N) is 1. The van der Waals surface area contributed by atoms with Crippen molar-refractivity contribution in [3.05, 3.63) is 0 Å². The average Bonchev–Trinajstić information content (AvgIpc) is 2.11. The smallest absolute Gasteiger partial charge is 0.220 e. The lowest BCUT2D eigenvalue weighted by molar-refractivity contribution is -0.120. The predicted molar refractivity (Wildman–Crippen MR) is 65.7 cm³/mol. The standard InChI is InChI=1S/C10H18INO2/c1-9(13)5-3-2-4-8-12-10(14)6-7-11/h2-8H2,1H3,(H,12,14). The van der Waals surface area contributed by atoms with Crippen LogP contribution in [0.25, 0.3) is 0 Å². The van der Waals surface area contributed by atoms with Crippen molar-refractivity contribution in [2.75, 3.05) is 11.0 Å². The van der Waals surface area contributed by atoms with Gasteiger partial charge in [0.25, 0.3) is 0 Å². The highest BCUT2D eigenvalue weighted by Gasteiger charge is 1.98. The summed E-state index contributed by atoms with van der Waals surface area (Å²) >= 11 is 2.19. The molecule has 0 aliphatic heterocycles. The molecule has 4 heteroatoms. The quantitative estimate of drug-likeness (QED) is 0.424. The Labute approximate surface area is 99.2 Å². The van der Waals surface area contributed by atoms with Crippen molar-refractivity contribution in [2.24, 2.45) is 0 Å². The zero-order valence-electron chi connectivity index (χ0n) is 8.64. The van der Waals surface area contributed by atoms with Gasteiger partial charge in [-0.1, -0.05) is 29.0 Å². The molecule has 3 nitrogen and oxygen atoms in total. The lowest BCUT2D eigenvalue weighted by atomic mass is 10.1. The number of amides is 1. The van der Waals surface area contributed by atoms with Crippen LogP contribution in [0, 0.1) is 0 Å². The van der Waals surface area contributed by atoms with E-state index in [0.29, 0.717) is 12.8 Å². The van der Waals surface area contributed by atoms with Crippen LogP contribution in [0.5, 0.6) is 0 Å².